The third-order valence-corrected chi connectivity index (χ3v) is 2.14. The van der Waals surface area contributed by atoms with E-state index in [4.69, 9.17) is 22.4 Å². The maximum absolute atomic E-state index is 12.8. The van der Waals surface area contributed by atoms with Gasteiger partial charge in [0.25, 0.3) is 0 Å². The molecule has 13 heavy (non-hydrogen) atoms. The van der Waals surface area contributed by atoms with Gasteiger partial charge in [0.1, 0.15) is 5.82 Å². The summed E-state index contributed by atoms with van der Waals surface area (Å²) in [5, 5.41) is 9.07. The molecule has 0 aliphatic heterocycles. The van der Waals surface area contributed by atoms with Gasteiger partial charge in [-0.15, -0.1) is 0 Å². The average Bonchev–Trinajstić information content (AvgIpc) is 2.09. The smallest absolute Gasteiger partial charge is 0.123 e. The van der Waals surface area contributed by atoms with Crippen molar-refractivity contribution in [3.63, 3.8) is 0 Å². The fraction of sp³-hybridized carbons (Fsp3) is 0.333. The molecule has 72 valence electrons. The molecule has 1 aromatic carbocycles. The Morgan fingerprint density at radius 1 is 1.54 bits per heavy atom. The number of rotatable bonds is 3. The van der Waals surface area contributed by atoms with Crippen molar-refractivity contribution < 1.29 is 9.50 Å². The highest BCUT2D eigenvalue weighted by Crippen LogP contribution is 2.23. The van der Waals surface area contributed by atoms with Gasteiger partial charge < -0.3 is 10.8 Å². The van der Waals surface area contributed by atoms with Crippen LogP contribution in [-0.4, -0.2) is 11.7 Å². The first-order valence-corrected chi connectivity index (χ1v) is 4.34. The van der Waals surface area contributed by atoms with E-state index in [0.717, 1.165) is 0 Å². The summed E-state index contributed by atoms with van der Waals surface area (Å²) in [5.41, 5.74) is 6.20. The number of halogens is 2. The fourth-order valence-corrected chi connectivity index (χ4v) is 1.35. The minimum atomic E-state index is -0.409. The van der Waals surface area contributed by atoms with Gasteiger partial charge in [-0.1, -0.05) is 11.6 Å². The molecule has 0 saturated heterocycles. The lowest BCUT2D eigenvalue weighted by Crippen LogP contribution is -2.12. The second kappa shape index (κ2) is 4.56. The zero-order valence-electron chi connectivity index (χ0n) is 7.00. The normalized spacial score (nSPS) is 12.9. The van der Waals surface area contributed by atoms with Crippen LogP contribution in [0.5, 0.6) is 0 Å². The maximum atomic E-state index is 12.8. The summed E-state index contributed by atoms with van der Waals surface area (Å²) >= 11 is 5.80. The lowest BCUT2D eigenvalue weighted by atomic mass is 10.1. The molecule has 0 spiro atoms. The standard InChI is InChI=1S/C9H11ClFNO/c10-8-2-1-6(11)5-7(8)9(12)3-4-13/h1-2,5,9,13H,3-4,12H2/t9-/m0/s1. The molecule has 0 unspecified atom stereocenters. The van der Waals surface area contributed by atoms with E-state index in [1.807, 2.05) is 0 Å². The highest BCUT2D eigenvalue weighted by Gasteiger charge is 2.10. The van der Waals surface area contributed by atoms with Gasteiger partial charge in [-0.2, -0.15) is 0 Å². The van der Waals surface area contributed by atoms with Crippen LogP contribution >= 0.6 is 11.6 Å². The molecule has 0 aliphatic rings. The Bertz CT molecular complexity index is 293. The van der Waals surface area contributed by atoms with E-state index in [2.05, 4.69) is 0 Å². The minimum Gasteiger partial charge on any atom is -0.396 e. The Labute approximate surface area is 81.1 Å². The lowest BCUT2D eigenvalue weighted by molar-refractivity contribution is 0.276. The van der Waals surface area contributed by atoms with Crippen LogP contribution in [0, 0.1) is 5.82 Å². The summed E-state index contributed by atoms with van der Waals surface area (Å²) in [6.45, 7) is -0.0337. The summed E-state index contributed by atoms with van der Waals surface area (Å²) < 4.78 is 12.8. The number of aliphatic hydroxyl groups is 1. The van der Waals surface area contributed by atoms with Crippen molar-refractivity contribution in [1.82, 2.24) is 0 Å². The van der Waals surface area contributed by atoms with Gasteiger partial charge in [-0.25, -0.2) is 4.39 Å². The molecular weight excluding hydrogens is 193 g/mol. The SMILES string of the molecule is N[C@@H](CCO)c1cc(F)ccc1Cl. The summed E-state index contributed by atoms with van der Waals surface area (Å²) in [4.78, 5) is 0. The van der Waals surface area contributed by atoms with Gasteiger partial charge in [0.05, 0.1) is 0 Å². The Morgan fingerprint density at radius 2 is 2.23 bits per heavy atom. The summed E-state index contributed by atoms with van der Waals surface area (Å²) in [6, 6.07) is 3.62. The van der Waals surface area contributed by atoms with Crippen molar-refractivity contribution in [3.05, 3.63) is 34.6 Å². The zero-order chi connectivity index (χ0) is 9.84. The zero-order valence-corrected chi connectivity index (χ0v) is 7.76. The van der Waals surface area contributed by atoms with Crippen LogP contribution in [0.15, 0.2) is 18.2 Å². The van der Waals surface area contributed by atoms with E-state index in [1.165, 1.54) is 18.2 Å². The topological polar surface area (TPSA) is 46.2 Å². The molecule has 0 heterocycles. The van der Waals surface area contributed by atoms with E-state index in [0.29, 0.717) is 17.0 Å². The first kappa shape index (κ1) is 10.4. The van der Waals surface area contributed by atoms with Crippen molar-refractivity contribution in [2.45, 2.75) is 12.5 Å². The molecule has 1 rings (SSSR count). The largest absolute Gasteiger partial charge is 0.396 e. The van der Waals surface area contributed by atoms with Gasteiger partial charge in [0.2, 0.25) is 0 Å². The van der Waals surface area contributed by atoms with E-state index < -0.39 is 6.04 Å². The average molecular weight is 204 g/mol. The number of hydrogen-bond donors (Lipinski definition) is 2. The molecule has 0 amide bonds. The van der Waals surface area contributed by atoms with Crippen molar-refractivity contribution in [2.24, 2.45) is 5.73 Å². The van der Waals surface area contributed by atoms with E-state index in [1.54, 1.807) is 0 Å². The molecule has 0 radical (unpaired) electrons. The van der Waals surface area contributed by atoms with Crippen LogP contribution < -0.4 is 5.73 Å². The van der Waals surface area contributed by atoms with Crippen LogP contribution in [-0.2, 0) is 0 Å². The van der Waals surface area contributed by atoms with Crippen LogP contribution in [0.2, 0.25) is 5.02 Å². The summed E-state index contributed by atoms with van der Waals surface area (Å²) in [6.07, 6.45) is 0.378. The van der Waals surface area contributed by atoms with Gasteiger partial charge in [0, 0.05) is 17.7 Å². The Balaban J connectivity index is 2.91. The molecule has 0 bridgehead atoms. The number of nitrogens with two attached hydrogens (primary N) is 1. The monoisotopic (exact) mass is 203 g/mol. The summed E-state index contributed by atoms with van der Waals surface area (Å²) in [5.74, 6) is -0.368. The Kier molecular flexibility index (Phi) is 3.66. The van der Waals surface area contributed by atoms with Crippen molar-refractivity contribution >= 4 is 11.6 Å². The van der Waals surface area contributed by atoms with E-state index in [9.17, 15) is 4.39 Å². The van der Waals surface area contributed by atoms with Crippen LogP contribution in [0.25, 0.3) is 0 Å². The van der Waals surface area contributed by atoms with E-state index in [-0.39, 0.29) is 12.4 Å². The van der Waals surface area contributed by atoms with Crippen LogP contribution in [0.3, 0.4) is 0 Å². The molecular formula is C9H11ClFNO. The summed E-state index contributed by atoms with van der Waals surface area (Å²) in [7, 11) is 0. The molecule has 0 aliphatic carbocycles. The Hall–Kier alpha value is -0.640. The highest BCUT2D eigenvalue weighted by atomic mass is 35.5. The maximum Gasteiger partial charge on any atom is 0.123 e. The third-order valence-electron chi connectivity index (χ3n) is 1.80. The molecule has 0 aromatic heterocycles. The minimum absolute atomic E-state index is 0.0337. The molecule has 4 heteroatoms. The molecule has 1 atom stereocenters. The van der Waals surface area contributed by atoms with Crippen LogP contribution in [0.4, 0.5) is 4.39 Å². The molecule has 3 N–H and O–H groups in total. The van der Waals surface area contributed by atoms with Gasteiger partial charge >= 0.3 is 0 Å². The highest BCUT2D eigenvalue weighted by molar-refractivity contribution is 6.31. The van der Waals surface area contributed by atoms with Gasteiger partial charge in [-0.05, 0) is 30.2 Å². The second-order valence-electron chi connectivity index (χ2n) is 2.78. The number of hydrogen-bond acceptors (Lipinski definition) is 2. The van der Waals surface area contributed by atoms with Crippen molar-refractivity contribution in [1.29, 1.82) is 0 Å². The van der Waals surface area contributed by atoms with Crippen molar-refractivity contribution in [2.75, 3.05) is 6.61 Å². The molecule has 2 nitrogen and oxygen atoms in total. The molecule has 0 fully saturated rings. The van der Waals surface area contributed by atoms with Crippen molar-refractivity contribution in [3.8, 4) is 0 Å². The van der Waals surface area contributed by atoms with Gasteiger partial charge in [-0.3, -0.25) is 0 Å². The third kappa shape index (κ3) is 2.66. The predicted octanol–water partition coefficient (Wildman–Crippen LogP) is 1.86. The fourth-order valence-electron chi connectivity index (χ4n) is 1.09. The predicted molar refractivity (Wildman–Crippen MR) is 50.0 cm³/mol. The number of benzene rings is 1. The lowest BCUT2D eigenvalue weighted by Gasteiger charge is -2.11. The van der Waals surface area contributed by atoms with E-state index >= 15 is 0 Å². The quantitative estimate of drug-likeness (QED) is 0.788. The van der Waals surface area contributed by atoms with Gasteiger partial charge in [0.15, 0.2) is 0 Å². The molecule has 0 saturated carbocycles. The Morgan fingerprint density at radius 3 is 2.85 bits per heavy atom. The molecule has 1 aromatic rings. The van der Waals surface area contributed by atoms with Crippen LogP contribution in [0.1, 0.15) is 18.0 Å². The second-order valence-corrected chi connectivity index (χ2v) is 3.19. The number of aliphatic hydroxyl groups excluding tert-OH is 1. The first-order valence-electron chi connectivity index (χ1n) is 3.96. The first-order chi connectivity index (χ1) is 6.15.